The second kappa shape index (κ2) is 7.26. The molecule has 6 nitrogen and oxygen atoms in total. The summed E-state index contributed by atoms with van der Waals surface area (Å²) in [6, 6.07) is 9.30. The van der Waals surface area contributed by atoms with Gasteiger partial charge in [-0.1, -0.05) is 30.3 Å². The van der Waals surface area contributed by atoms with Crippen molar-refractivity contribution in [1.29, 1.82) is 0 Å². The normalized spacial score (nSPS) is 17.8. The molecule has 1 N–H and O–H groups in total. The van der Waals surface area contributed by atoms with Gasteiger partial charge in [0.2, 0.25) is 5.91 Å². The molecule has 1 saturated heterocycles. The molecule has 0 spiro atoms. The van der Waals surface area contributed by atoms with Crippen LogP contribution in [0.25, 0.3) is 0 Å². The highest BCUT2D eigenvalue weighted by atomic mass is 19.4. The summed E-state index contributed by atoms with van der Waals surface area (Å²) >= 11 is 0. The van der Waals surface area contributed by atoms with Gasteiger partial charge in [-0.2, -0.15) is 13.2 Å². The number of benzene rings is 1. The molecule has 142 valence electrons. The average molecular weight is 378 g/mol. The van der Waals surface area contributed by atoms with E-state index in [0.29, 0.717) is 12.1 Å². The van der Waals surface area contributed by atoms with Gasteiger partial charge in [0.05, 0.1) is 0 Å². The van der Waals surface area contributed by atoms with E-state index in [-0.39, 0.29) is 18.1 Å². The number of hydrogen-bond acceptors (Lipinski definition) is 3. The van der Waals surface area contributed by atoms with Crippen molar-refractivity contribution in [2.75, 3.05) is 25.5 Å². The molecule has 2 aromatic rings. The van der Waals surface area contributed by atoms with Crippen molar-refractivity contribution in [3.8, 4) is 0 Å². The standard InChI is InChI=1S/C18H17F3N4O2/c1-24-9-10-25(15(16(24)26)12-5-3-2-4-6-12)17(27)23-13-7-8-22-14(11-13)18(19,20)21/h2-8,11,15H,9-10H2,1H3,(H,22,23,27). The number of hydrogen-bond donors (Lipinski definition) is 1. The summed E-state index contributed by atoms with van der Waals surface area (Å²) in [6.07, 6.45) is -3.64. The number of piperazine rings is 1. The molecular weight excluding hydrogens is 361 g/mol. The number of rotatable bonds is 2. The van der Waals surface area contributed by atoms with Gasteiger partial charge < -0.3 is 15.1 Å². The number of amides is 3. The summed E-state index contributed by atoms with van der Waals surface area (Å²) < 4.78 is 38.4. The van der Waals surface area contributed by atoms with Gasteiger partial charge in [0.25, 0.3) is 0 Å². The maximum Gasteiger partial charge on any atom is 0.433 e. The van der Waals surface area contributed by atoms with Crippen molar-refractivity contribution >= 4 is 17.6 Å². The van der Waals surface area contributed by atoms with Gasteiger partial charge in [-0.25, -0.2) is 4.79 Å². The Labute approximate surface area is 153 Å². The van der Waals surface area contributed by atoms with Crippen LogP contribution >= 0.6 is 0 Å². The predicted molar refractivity (Wildman–Crippen MR) is 91.8 cm³/mol. The van der Waals surface area contributed by atoms with Crippen molar-refractivity contribution in [3.63, 3.8) is 0 Å². The number of pyridine rings is 1. The van der Waals surface area contributed by atoms with Crippen molar-refractivity contribution < 1.29 is 22.8 Å². The van der Waals surface area contributed by atoms with Crippen LogP contribution < -0.4 is 5.32 Å². The first-order valence-electron chi connectivity index (χ1n) is 8.18. The fourth-order valence-electron chi connectivity index (χ4n) is 2.87. The molecule has 9 heteroatoms. The Bertz CT molecular complexity index is 842. The Morgan fingerprint density at radius 2 is 1.89 bits per heavy atom. The van der Waals surface area contributed by atoms with Gasteiger partial charge in [0, 0.05) is 32.0 Å². The lowest BCUT2D eigenvalue weighted by molar-refractivity contribution is -0.141. The number of anilines is 1. The SMILES string of the molecule is CN1CCN(C(=O)Nc2ccnc(C(F)(F)F)c2)C(c2ccccc2)C1=O. The van der Waals surface area contributed by atoms with Crippen molar-refractivity contribution in [2.45, 2.75) is 12.2 Å². The number of nitrogens with zero attached hydrogens (tertiary/aromatic N) is 3. The third kappa shape index (κ3) is 4.02. The highest BCUT2D eigenvalue weighted by Crippen LogP contribution is 2.30. The summed E-state index contributed by atoms with van der Waals surface area (Å²) in [4.78, 5) is 31.4. The predicted octanol–water partition coefficient (Wildman–Crippen LogP) is 3.15. The minimum atomic E-state index is -4.61. The number of nitrogens with one attached hydrogen (secondary N) is 1. The second-order valence-electron chi connectivity index (χ2n) is 6.12. The van der Waals surface area contributed by atoms with E-state index in [2.05, 4.69) is 10.3 Å². The van der Waals surface area contributed by atoms with Gasteiger partial charge in [0.15, 0.2) is 0 Å². The summed E-state index contributed by atoms with van der Waals surface area (Å²) in [5, 5.41) is 2.44. The first kappa shape index (κ1) is 18.7. The van der Waals surface area contributed by atoms with Crippen molar-refractivity contribution in [3.05, 3.63) is 59.9 Å². The van der Waals surface area contributed by atoms with Crippen molar-refractivity contribution in [1.82, 2.24) is 14.8 Å². The lowest BCUT2D eigenvalue weighted by atomic mass is 10.0. The highest BCUT2D eigenvalue weighted by Gasteiger charge is 2.37. The Balaban J connectivity index is 1.85. The smallest absolute Gasteiger partial charge is 0.342 e. The zero-order valence-corrected chi connectivity index (χ0v) is 14.4. The number of carbonyl (C=O) groups is 2. The largest absolute Gasteiger partial charge is 0.433 e. The van der Waals surface area contributed by atoms with Gasteiger partial charge in [-0.05, 0) is 17.7 Å². The topological polar surface area (TPSA) is 65.5 Å². The zero-order valence-electron chi connectivity index (χ0n) is 14.4. The molecule has 0 saturated carbocycles. The Morgan fingerprint density at radius 3 is 2.56 bits per heavy atom. The molecule has 1 aromatic carbocycles. The van der Waals surface area contributed by atoms with Gasteiger partial charge >= 0.3 is 12.2 Å². The van der Waals surface area contributed by atoms with E-state index in [1.54, 1.807) is 37.4 Å². The molecular formula is C18H17F3N4O2. The Hall–Kier alpha value is -3.10. The lowest BCUT2D eigenvalue weighted by Crippen LogP contribution is -2.53. The third-order valence-corrected chi connectivity index (χ3v) is 4.28. The number of likely N-dealkylation sites (N-methyl/N-ethyl adjacent to an activating group) is 1. The van der Waals surface area contributed by atoms with E-state index in [9.17, 15) is 22.8 Å². The molecule has 0 bridgehead atoms. The van der Waals surface area contributed by atoms with E-state index in [1.807, 2.05) is 0 Å². The van der Waals surface area contributed by atoms with Crippen LogP contribution in [0.2, 0.25) is 0 Å². The van der Waals surface area contributed by atoms with Crippen LogP contribution in [0.4, 0.5) is 23.7 Å². The van der Waals surface area contributed by atoms with E-state index in [0.717, 1.165) is 12.3 Å². The van der Waals surface area contributed by atoms with Gasteiger partial charge in [-0.15, -0.1) is 0 Å². The third-order valence-electron chi connectivity index (χ3n) is 4.28. The quantitative estimate of drug-likeness (QED) is 0.873. The average Bonchev–Trinajstić information content (AvgIpc) is 2.64. The maximum atomic E-state index is 12.8. The highest BCUT2D eigenvalue weighted by molar-refractivity contribution is 5.95. The molecule has 1 aliphatic rings. The number of halogens is 3. The molecule has 1 aromatic heterocycles. The van der Waals surface area contributed by atoms with E-state index >= 15 is 0 Å². The van der Waals surface area contributed by atoms with E-state index < -0.39 is 23.9 Å². The van der Waals surface area contributed by atoms with Crippen molar-refractivity contribution in [2.24, 2.45) is 0 Å². The molecule has 1 atom stereocenters. The molecule has 3 amide bonds. The van der Waals surface area contributed by atoms with E-state index in [4.69, 9.17) is 0 Å². The minimum Gasteiger partial charge on any atom is -0.342 e. The van der Waals surface area contributed by atoms with Crippen LogP contribution in [-0.2, 0) is 11.0 Å². The molecule has 0 radical (unpaired) electrons. The Morgan fingerprint density at radius 1 is 1.19 bits per heavy atom. The summed E-state index contributed by atoms with van der Waals surface area (Å²) in [7, 11) is 1.64. The fourth-order valence-corrected chi connectivity index (χ4v) is 2.87. The molecule has 3 rings (SSSR count). The van der Waals surface area contributed by atoms with Crippen LogP contribution in [0, 0.1) is 0 Å². The van der Waals surface area contributed by atoms with Gasteiger partial charge in [-0.3, -0.25) is 9.78 Å². The van der Waals surface area contributed by atoms with Crippen LogP contribution in [0.15, 0.2) is 48.7 Å². The van der Waals surface area contributed by atoms with Gasteiger partial charge in [0.1, 0.15) is 11.7 Å². The molecule has 1 unspecified atom stereocenters. The zero-order chi connectivity index (χ0) is 19.6. The number of carbonyl (C=O) groups excluding carboxylic acids is 2. The maximum absolute atomic E-state index is 12.8. The second-order valence-corrected chi connectivity index (χ2v) is 6.12. The summed E-state index contributed by atoms with van der Waals surface area (Å²) in [5.41, 5.74) is -0.509. The molecule has 2 heterocycles. The monoisotopic (exact) mass is 378 g/mol. The number of alkyl halides is 3. The van der Waals surface area contributed by atoms with Crippen LogP contribution in [0.1, 0.15) is 17.3 Å². The lowest BCUT2D eigenvalue weighted by Gasteiger charge is -2.39. The first-order chi connectivity index (χ1) is 12.8. The first-order valence-corrected chi connectivity index (χ1v) is 8.18. The van der Waals surface area contributed by atoms with E-state index in [1.165, 1.54) is 15.9 Å². The number of aromatic nitrogens is 1. The summed E-state index contributed by atoms with van der Waals surface area (Å²) in [5.74, 6) is -0.256. The van der Waals surface area contributed by atoms with Crippen LogP contribution in [-0.4, -0.2) is 46.9 Å². The van der Waals surface area contributed by atoms with Crippen LogP contribution in [0.3, 0.4) is 0 Å². The molecule has 27 heavy (non-hydrogen) atoms. The molecule has 1 aliphatic heterocycles. The fraction of sp³-hybridized carbons (Fsp3) is 0.278. The summed E-state index contributed by atoms with van der Waals surface area (Å²) in [6.45, 7) is 0.588. The minimum absolute atomic E-state index is 0.0412. The van der Waals surface area contributed by atoms with Crippen LogP contribution in [0.5, 0.6) is 0 Å². The Kier molecular flexibility index (Phi) is 5.02. The molecule has 0 aliphatic carbocycles. The number of urea groups is 1. The molecule has 1 fully saturated rings.